The highest BCUT2D eigenvalue weighted by atomic mass is 16.2. The van der Waals surface area contributed by atoms with Gasteiger partial charge in [0.15, 0.2) is 0 Å². The van der Waals surface area contributed by atoms with Crippen molar-refractivity contribution >= 4 is 11.7 Å². The molecule has 3 rings (SSSR count). The minimum atomic E-state index is 0.0111. The van der Waals surface area contributed by atoms with E-state index in [1.54, 1.807) is 12.4 Å². The van der Waals surface area contributed by atoms with E-state index in [1.165, 1.54) is 0 Å². The molecule has 0 radical (unpaired) electrons. The van der Waals surface area contributed by atoms with E-state index in [0.717, 1.165) is 35.6 Å². The summed E-state index contributed by atoms with van der Waals surface area (Å²) in [5.41, 5.74) is 4.07. The molecule has 1 fully saturated rings. The van der Waals surface area contributed by atoms with Crippen LogP contribution in [0.2, 0.25) is 0 Å². The van der Waals surface area contributed by atoms with Crippen LogP contribution in [-0.2, 0) is 0 Å². The van der Waals surface area contributed by atoms with Gasteiger partial charge in [-0.25, -0.2) is 4.98 Å². The lowest BCUT2D eigenvalue weighted by atomic mass is 10.1. The van der Waals surface area contributed by atoms with E-state index in [-0.39, 0.29) is 5.91 Å². The Bertz CT molecular complexity index is 871. The molecule has 2 aromatic heterocycles. The highest BCUT2D eigenvalue weighted by Crippen LogP contribution is 2.23. The number of pyridine rings is 2. The molecule has 6 nitrogen and oxygen atoms in total. The second-order valence-electron chi connectivity index (χ2n) is 6.77. The van der Waals surface area contributed by atoms with Gasteiger partial charge in [-0.2, -0.15) is 5.26 Å². The summed E-state index contributed by atoms with van der Waals surface area (Å²) in [6.07, 6.45) is 4.21. The first-order valence-corrected chi connectivity index (χ1v) is 8.84. The Hall–Kier alpha value is -2.94. The third-order valence-electron chi connectivity index (χ3n) is 4.64. The summed E-state index contributed by atoms with van der Waals surface area (Å²) in [6.45, 7) is 8.55. The number of amides is 1. The van der Waals surface area contributed by atoms with Crippen LogP contribution in [0, 0.1) is 32.1 Å². The van der Waals surface area contributed by atoms with Gasteiger partial charge in [0.2, 0.25) is 0 Å². The lowest BCUT2D eigenvalue weighted by Gasteiger charge is -2.24. The number of carbonyl (C=O) groups is 1. The molecule has 0 aromatic carbocycles. The van der Waals surface area contributed by atoms with Crippen molar-refractivity contribution < 1.29 is 4.79 Å². The second kappa shape index (κ2) is 7.52. The van der Waals surface area contributed by atoms with Crippen molar-refractivity contribution in [1.29, 1.82) is 5.26 Å². The van der Waals surface area contributed by atoms with Crippen molar-refractivity contribution in [3.63, 3.8) is 0 Å². The smallest absolute Gasteiger partial charge is 0.255 e. The highest BCUT2D eigenvalue weighted by Gasteiger charge is 2.23. The summed E-state index contributed by atoms with van der Waals surface area (Å²) in [7, 11) is 0. The van der Waals surface area contributed by atoms with Gasteiger partial charge < -0.3 is 9.80 Å². The zero-order valence-corrected chi connectivity index (χ0v) is 15.5. The summed E-state index contributed by atoms with van der Waals surface area (Å²) < 4.78 is 0. The van der Waals surface area contributed by atoms with Crippen LogP contribution in [0.5, 0.6) is 0 Å². The van der Waals surface area contributed by atoms with Gasteiger partial charge in [0.05, 0.1) is 11.1 Å². The molecule has 3 heterocycles. The van der Waals surface area contributed by atoms with Crippen molar-refractivity contribution in [3.05, 3.63) is 52.5 Å². The fourth-order valence-corrected chi connectivity index (χ4v) is 3.37. The Labute approximate surface area is 154 Å². The molecule has 0 atom stereocenters. The number of aryl methyl sites for hydroxylation is 3. The van der Waals surface area contributed by atoms with E-state index >= 15 is 0 Å². The lowest BCUT2D eigenvalue weighted by molar-refractivity contribution is 0.0766. The van der Waals surface area contributed by atoms with Gasteiger partial charge in [0.1, 0.15) is 11.9 Å². The van der Waals surface area contributed by atoms with E-state index in [1.807, 2.05) is 37.8 Å². The lowest BCUT2D eigenvalue weighted by Crippen LogP contribution is -2.35. The molecule has 1 aliphatic rings. The van der Waals surface area contributed by atoms with Crippen LogP contribution in [0.3, 0.4) is 0 Å². The normalized spacial score (nSPS) is 14.7. The number of anilines is 1. The van der Waals surface area contributed by atoms with Gasteiger partial charge in [-0.05, 0) is 50.5 Å². The van der Waals surface area contributed by atoms with Gasteiger partial charge in [0.25, 0.3) is 5.91 Å². The molecule has 0 unspecified atom stereocenters. The standard InChI is InChI=1S/C20H23N5O/c1-14-9-17(13-22-12-14)20(26)25-6-4-5-24(7-8-25)19-18(11-21)15(2)10-16(3)23-19/h9-10,12-13H,4-8H2,1-3H3. The van der Waals surface area contributed by atoms with Crippen LogP contribution < -0.4 is 4.90 Å². The second-order valence-corrected chi connectivity index (χ2v) is 6.77. The third kappa shape index (κ3) is 3.67. The van der Waals surface area contributed by atoms with Crippen LogP contribution in [0.25, 0.3) is 0 Å². The van der Waals surface area contributed by atoms with Crippen molar-refractivity contribution in [2.45, 2.75) is 27.2 Å². The summed E-state index contributed by atoms with van der Waals surface area (Å²) in [6, 6.07) is 6.09. The van der Waals surface area contributed by atoms with Crippen molar-refractivity contribution in [2.75, 3.05) is 31.1 Å². The maximum absolute atomic E-state index is 12.8. The first kappa shape index (κ1) is 17.9. The Kier molecular flexibility index (Phi) is 5.17. The number of aromatic nitrogens is 2. The Morgan fingerprint density at radius 3 is 2.65 bits per heavy atom. The van der Waals surface area contributed by atoms with E-state index in [4.69, 9.17) is 0 Å². The maximum atomic E-state index is 12.8. The molecular weight excluding hydrogens is 326 g/mol. The van der Waals surface area contributed by atoms with E-state index < -0.39 is 0 Å². The summed E-state index contributed by atoms with van der Waals surface area (Å²) in [4.78, 5) is 25.5. The Morgan fingerprint density at radius 2 is 1.92 bits per heavy atom. The molecular formula is C20H23N5O. The van der Waals surface area contributed by atoms with Crippen LogP contribution >= 0.6 is 0 Å². The molecule has 0 aliphatic carbocycles. The fourth-order valence-electron chi connectivity index (χ4n) is 3.37. The molecule has 26 heavy (non-hydrogen) atoms. The molecule has 1 aliphatic heterocycles. The van der Waals surface area contributed by atoms with E-state index in [0.29, 0.717) is 30.8 Å². The van der Waals surface area contributed by atoms with E-state index in [9.17, 15) is 10.1 Å². The number of hydrogen-bond donors (Lipinski definition) is 0. The number of nitrogens with zero attached hydrogens (tertiary/aromatic N) is 5. The molecule has 6 heteroatoms. The average Bonchev–Trinajstić information content (AvgIpc) is 2.86. The number of hydrogen-bond acceptors (Lipinski definition) is 5. The minimum absolute atomic E-state index is 0.0111. The van der Waals surface area contributed by atoms with Gasteiger partial charge in [-0.15, -0.1) is 0 Å². The SMILES string of the molecule is Cc1cncc(C(=O)N2CCCN(c3nc(C)cc(C)c3C#N)CC2)c1. The summed E-state index contributed by atoms with van der Waals surface area (Å²) in [5.74, 6) is 0.744. The molecule has 1 amide bonds. The maximum Gasteiger partial charge on any atom is 0.255 e. The monoisotopic (exact) mass is 349 g/mol. The predicted octanol–water partition coefficient (Wildman–Crippen LogP) is 2.63. The van der Waals surface area contributed by atoms with Crippen molar-refractivity contribution in [3.8, 4) is 6.07 Å². The third-order valence-corrected chi connectivity index (χ3v) is 4.64. The predicted molar refractivity (Wildman–Crippen MR) is 100 cm³/mol. The Balaban J connectivity index is 1.79. The minimum Gasteiger partial charge on any atom is -0.354 e. The van der Waals surface area contributed by atoms with Crippen molar-refractivity contribution in [2.24, 2.45) is 0 Å². The quantitative estimate of drug-likeness (QED) is 0.833. The number of nitriles is 1. The van der Waals surface area contributed by atoms with Gasteiger partial charge in [-0.1, -0.05) is 0 Å². The van der Waals surface area contributed by atoms with Crippen LogP contribution in [-0.4, -0.2) is 47.0 Å². The fraction of sp³-hybridized carbons (Fsp3) is 0.400. The first-order valence-electron chi connectivity index (χ1n) is 8.84. The van der Waals surface area contributed by atoms with Crippen LogP contribution in [0.4, 0.5) is 5.82 Å². The zero-order valence-electron chi connectivity index (χ0n) is 15.5. The molecule has 1 saturated heterocycles. The van der Waals surface area contributed by atoms with Crippen LogP contribution in [0.1, 0.15) is 39.2 Å². The van der Waals surface area contributed by atoms with E-state index in [2.05, 4.69) is 20.9 Å². The topological polar surface area (TPSA) is 73.1 Å². The van der Waals surface area contributed by atoms with Crippen molar-refractivity contribution in [1.82, 2.24) is 14.9 Å². The largest absolute Gasteiger partial charge is 0.354 e. The average molecular weight is 349 g/mol. The van der Waals surface area contributed by atoms with Crippen LogP contribution in [0.15, 0.2) is 24.5 Å². The number of rotatable bonds is 2. The number of carbonyl (C=O) groups excluding carboxylic acids is 1. The van der Waals surface area contributed by atoms with Gasteiger partial charge >= 0.3 is 0 Å². The zero-order chi connectivity index (χ0) is 18.7. The summed E-state index contributed by atoms with van der Waals surface area (Å²) >= 11 is 0. The van der Waals surface area contributed by atoms with Gasteiger partial charge in [-0.3, -0.25) is 9.78 Å². The van der Waals surface area contributed by atoms with Gasteiger partial charge in [0, 0.05) is 44.3 Å². The molecule has 2 aromatic rings. The molecule has 0 bridgehead atoms. The molecule has 0 saturated carbocycles. The summed E-state index contributed by atoms with van der Waals surface area (Å²) in [5, 5.41) is 9.52. The molecule has 0 N–H and O–H groups in total. The highest BCUT2D eigenvalue weighted by molar-refractivity contribution is 5.94. The molecule has 134 valence electrons. The first-order chi connectivity index (χ1) is 12.5. The Morgan fingerprint density at radius 1 is 1.12 bits per heavy atom. The molecule has 0 spiro atoms.